The standard InChI is InChI=1S/C19H20ClNO2/c20-17-8-6-16(7-9-17)19(23)10-12-21(13-11-19)18(22)14-15-4-2-1-3-5-15/h1-9,23H,10-14H2. The molecule has 0 aliphatic carbocycles. The number of benzene rings is 2. The van der Waals surface area contributed by atoms with Crippen LogP contribution in [0.1, 0.15) is 24.0 Å². The van der Waals surface area contributed by atoms with Crippen LogP contribution < -0.4 is 0 Å². The van der Waals surface area contributed by atoms with E-state index in [1.165, 1.54) is 0 Å². The van der Waals surface area contributed by atoms with Crippen molar-refractivity contribution in [3.05, 3.63) is 70.7 Å². The predicted molar refractivity (Wildman–Crippen MR) is 91.3 cm³/mol. The molecule has 0 spiro atoms. The van der Waals surface area contributed by atoms with E-state index >= 15 is 0 Å². The summed E-state index contributed by atoms with van der Waals surface area (Å²) in [6.45, 7) is 1.15. The molecule has 3 rings (SSSR count). The number of piperidine rings is 1. The van der Waals surface area contributed by atoms with Gasteiger partial charge in [-0.2, -0.15) is 0 Å². The van der Waals surface area contributed by atoms with Gasteiger partial charge in [-0.25, -0.2) is 0 Å². The van der Waals surface area contributed by atoms with Crippen molar-refractivity contribution in [2.75, 3.05) is 13.1 Å². The van der Waals surface area contributed by atoms with Crippen molar-refractivity contribution in [3.8, 4) is 0 Å². The molecule has 1 aliphatic rings. The smallest absolute Gasteiger partial charge is 0.226 e. The highest BCUT2D eigenvalue weighted by Gasteiger charge is 2.35. The van der Waals surface area contributed by atoms with E-state index in [9.17, 15) is 9.90 Å². The number of carbonyl (C=O) groups excluding carboxylic acids is 1. The quantitative estimate of drug-likeness (QED) is 0.937. The number of rotatable bonds is 3. The Balaban J connectivity index is 1.61. The first-order valence-electron chi connectivity index (χ1n) is 7.87. The van der Waals surface area contributed by atoms with Crippen molar-refractivity contribution in [3.63, 3.8) is 0 Å². The van der Waals surface area contributed by atoms with E-state index in [1.807, 2.05) is 47.4 Å². The van der Waals surface area contributed by atoms with Gasteiger partial charge >= 0.3 is 0 Å². The van der Waals surface area contributed by atoms with Gasteiger partial charge in [-0.05, 0) is 36.1 Å². The SMILES string of the molecule is O=C(Cc1ccccc1)N1CCC(O)(c2ccc(Cl)cc2)CC1. The number of hydrogen-bond donors (Lipinski definition) is 1. The molecule has 2 aromatic carbocycles. The Bertz CT molecular complexity index is 662. The number of amides is 1. The molecule has 0 atom stereocenters. The molecule has 120 valence electrons. The largest absolute Gasteiger partial charge is 0.385 e. The molecule has 0 saturated carbocycles. The normalized spacial score (nSPS) is 17.0. The zero-order chi connectivity index (χ0) is 16.3. The van der Waals surface area contributed by atoms with Crippen LogP contribution in [0.25, 0.3) is 0 Å². The summed E-state index contributed by atoms with van der Waals surface area (Å²) in [5.74, 6) is 0.120. The summed E-state index contributed by atoms with van der Waals surface area (Å²) >= 11 is 5.90. The first kappa shape index (κ1) is 16.0. The zero-order valence-corrected chi connectivity index (χ0v) is 13.7. The lowest BCUT2D eigenvalue weighted by Gasteiger charge is -2.38. The van der Waals surface area contributed by atoms with E-state index in [4.69, 9.17) is 11.6 Å². The predicted octanol–water partition coefficient (Wildman–Crippen LogP) is 3.39. The van der Waals surface area contributed by atoms with Crippen molar-refractivity contribution < 1.29 is 9.90 Å². The van der Waals surface area contributed by atoms with Crippen LogP contribution in [0.2, 0.25) is 5.02 Å². The van der Waals surface area contributed by atoms with Gasteiger partial charge in [-0.3, -0.25) is 4.79 Å². The average Bonchev–Trinajstić information content (AvgIpc) is 2.57. The van der Waals surface area contributed by atoms with Crippen LogP contribution in [-0.2, 0) is 16.8 Å². The molecular weight excluding hydrogens is 310 g/mol. The summed E-state index contributed by atoms with van der Waals surface area (Å²) in [6, 6.07) is 17.1. The second kappa shape index (κ2) is 6.73. The minimum absolute atomic E-state index is 0.120. The molecular formula is C19H20ClNO2. The second-order valence-electron chi connectivity index (χ2n) is 6.08. The van der Waals surface area contributed by atoms with Crippen LogP contribution in [0, 0.1) is 0 Å². The van der Waals surface area contributed by atoms with Crippen LogP contribution >= 0.6 is 11.6 Å². The van der Waals surface area contributed by atoms with E-state index in [-0.39, 0.29) is 5.91 Å². The van der Waals surface area contributed by atoms with E-state index < -0.39 is 5.60 Å². The van der Waals surface area contributed by atoms with Gasteiger partial charge in [0.05, 0.1) is 12.0 Å². The van der Waals surface area contributed by atoms with Gasteiger partial charge in [-0.1, -0.05) is 54.1 Å². The molecule has 0 radical (unpaired) electrons. The van der Waals surface area contributed by atoms with Crippen molar-refractivity contribution in [1.82, 2.24) is 4.90 Å². The van der Waals surface area contributed by atoms with Gasteiger partial charge in [-0.15, -0.1) is 0 Å². The highest BCUT2D eigenvalue weighted by molar-refractivity contribution is 6.30. The molecule has 23 heavy (non-hydrogen) atoms. The van der Waals surface area contributed by atoms with Crippen molar-refractivity contribution in [2.24, 2.45) is 0 Å². The fraction of sp³-hybridized carbons (Fsp3) is 0.316. The molecule has 0 bridgehead atoms. The van der Waals surface area contributed by atoms with Crippen LogP contribution in [0.4, 0.5) is 0 Å². The maximum atomic E-state index is 12.4. The number of halogens is 1. The summed E-state index contributed by atoms with van der Waals surface area (Å²) in [6.07, 6.45) is 1.52. The summed E-state index contributed by atoms with van der Waals surface area (Å²) in [5.41, 5.74) is 1.03. The lowest BCUT2D eigenvalue weighted by molar-refractivity contribution is -0.135. The maximum Gasteiger partial charge on any atom is 0.226 e. The lowest BCUT2D eigenvalue weighted by atomic mass is 9.84. The summed E-state index contributed by atoms with van der Waals surface area (Å²) in [7, 11) is 0. The van der Waals surface area contributed by atoms with Crippen molar-refractivity contribution >= 4 is 17.5 Å². The molecule has 1 aliphatic heterocycles. The number of carbonyl (C=O) groups is 1. The molecule has 4 heteroatoms. The molecule has 1 heterocycles. The second-order valence-corrected chi connectivity index (χ2v) is 6.52. The third kappa shape index (κ3) is 3.74. The Kier molecular flexibility index (Phi) is 4.69. The van der Waals surface area contributed by atoms with Gasteiger partial charge in [0.1, 0.15) is 0 Å². The lowest BCUT2D eigenvalue weighted by Crippen LogP contribution is -2.45. The zero-order valence-electron chi connectivity index (χ0n) is 12.9. The molecule has 0 unspecified atom stereocenters. The Morgan fingerprint density at radius 1 is 1.04 bits per heavy atom. The monoisotopic (exact) mass is 329 g/mol. The highest BCUT2D eigenvalue weighted by atomic mass is 35.5. The average molecular weight is 330 g/mol. The van der Waals surface area contributed by atoms with Crippen LogP contribution in [-0.4, -0.2) is 29.0 Å². The first-order chi connectivity index (χ1) is 11.1. The molecule has 0 aromatic heterocycles. The van der Waals surface area contributed by atoms with Gasteiger partial charge < -0.3 is 10.0 Å². The number of aliphatic hydroxyl groups is 1. The number of hydrogen-bond acceptors (Lipinski definition) is 2. The molecule has 3 nitrogen and oxygen atoms in total. The summed E-state index contributed by atoms with van der Waals surface area (Å²) in [4.78, 5) is 14.2. The van der Waals surface area contributed by atoms with E-state index in [1.54, 1.807) is 12.1 Å². The maximum absolute atomic E-state index is 12.4. The molecule has 2 aromatic rings. The van der Waals surface area contributed by atoms with Crippen LogP contribution in [0.3, 0.4) is 0 Å². The van der Waals surface area contributed by atoms with Gasteiger partial charge in [0.25, 0.3) is 0 Å². The summed E-state index contributed by atoms with van der Waals surface area (Å²) < 4.78 is 0. The van der Waals surface area contributed by atoms with Crippen LogP contribution in [0.5, 0.6) is 0 Å². The van der Waals surface area contributed by atoms with Crippen molar-refractivity contribution in [1.29, 1.82) is 0 Å². The van der Waals surface area contributed by atoms with Crippen LogP contribution in [0.15, 0.2) is 54.6 Å². The minimum Gasteiger partial charge on any atom is -0.385 e. The Labute approximate surface area is 141 Å². The third-order valence-electron chi connectivity index (χ3n) is 4.52. The Hall–Kier alpha value is -1.84. The van der Waals surface area contributed by atoms with E-state index in [0.717, 1.165) is 11.1 Å². The molecule has 1 N–H and O–H groups in total. The number of likely N-dealkylation sites (tertiary alicyclic amines) is 1. The minimum atomic E-state index is -0.867. The molecule has 1 amide bonds. The van der Waals surface area contributed by atoms with E-state index in [0.29, 0.717) is 37.4 Å². The third-order valence-corrected chi connectivity index (χ3v) is 4.78. The molecule has 1 saturated heterocycles. The van der Waals surface area contributed by atoms with Gasteiger partial charge in [0.15, 0.2) is 0 Å². The Morgan fingerprint density at radius 3 is 2.26 bits per heavy atom. The molecule has 1 fully saturated rings. The fourth-order valence-electron chi connectivity index (χ4n) is 3.06. The first-order valence-corrected chi connectivity index (χ1v) is 8.25. The fourth-order valence-corrected chi connectivity index (χ4v) is 3.18. The number of nitrogens with zero attached hydrogens (tertiary/aromatic N) is 1. The van der Waals surface area contributed by atoms with Gasteiger partial charge in [0.2, 0.25) is 5.91 Å². The Morgan fingerprint density at radius 2 is 1.65 bits per heavy atom. The summed E-state index contributed by atoms with van der Waals surface area (Å²) in [5, 5.41) is 11.5. The van der Waals surface area contributed by atoms with E-state index in [2.05, 4.69) is 0 Å². The highest BCUT2D eigenvalue weighted by Crippen LogP contribution is 2.33. The van der Waals surface area contributed by atoms with Gasteiger partial charge in [0, 0.05) is 18.1 Å². The topological polar surface area (TPSA) is 40.5 Å². The van der Waals surface area contributed by atoms with Crippen molar-refractivity contribution in [2.45, 2.75) is 24.9 Å².